The second-order valence-corrected chi connectivity index (χ2v) is 8.33. The van der Waals surface area contributed by atoms with Crippen molar-refractivity contribution in [3.8, 4) is 5.75 Å². The van der Waals surface area contributed by atoms with Crippen LogP contribution in [-0.4, -0.2) is 53.1 Å². The Morgan fingerprint density at radius 1 is 0.912 bits per heavy atom. The van der Waals surface area contributed by atoms with E-state index in [4.69, 9.17) is 24.5 Å². The zero-order valence-electron chi connectivity index (χ0n) is 18.5. The number of nitrogens with zero attached hydrogens (tertiary/aromatic N) is 1. The second kappa shape index (κ2) is 12.0. The number of benzene rings is 3. The van der Waals surface area contributed by atoms with Gasteiger partial charge in [0.1, 0.15) is 5.75 Å². The highest BCUT2D eigenvalue weighted by atomic mass is 32.2. The van der Waals surface area contributed by atoms with Crippen molar-refractivity contribution < 1.29 is 29.6 Å². The number of carboxylic acids is 2. The van der Waals surface area contributed by atoms with Gasteiger partial charge in [0, 0.05) is 22.0 Å². The van der Waals surface area contributed by atoms with Gasteiger partial charge in [-0.3, -0.25) is 0 Å². The first-order valence-electron chi connectivity index (χ1n) is 10.6. The molecule has 0 saturated heterocycles. The summed E-state index contributed by atoms with van der Waals surface area (Å²) in [6.07, 6.45) is -0.518. The minimum absolute atomic E-state index is 0.474. The number of carboxylic acid groups (broad SMARTS) is 2. The number of hydrogen-bond acceptors (Lipinski definition) is 7. The van der Waals surface area contributed by atoms with E-state index in [0.717, 1.165) is 22.8 Å². The summed E-state index contributed by atoms with van der Waals surface area (Å²) < 4.78 is 5.47. The van der Waals surface area contributed by atoms with Gasteiger partial charge in [-0.05, 0) is 55.5 Å². The minimum Gasteiger partial charge on any atom is -0.494 e. The molecule has 0 aromatic heterocycles. The van der Waals surface area contributed by atoms with Gasteiger partial charge in [0.15, 0.2) is 0 Å². The van der Waals surface area contributed by atoms with Crippen molar-refractivity contribution in [1.29, 1.82) is 0 Å². The first-order chi connectivity index (χ1) is 16.4. The molecule has 3 aromatic carbocycles. The molecule has 0 bridgehead atoms. The first kappa shape index (κ1) is 24.9. The van der Waals surface area contributed by atoms with Crippen molar-refractivity contribution in [2.24, 2.45) is 0 Å². The third-order valence-corrected chi connectivity index (χ3v) is 5.95. The molecule has 0 aliphatic carbocycles. The highest BCUT2D eigenvalue weighted by molar-refractivity contribution is 7.99. The van der Waals surface area contributed by atoms with Crippen molar-refractivity contribution in [2.45, 2.75) is 22.8 Å². The van der Waals surface area contributed by atoms with E-state index < -0.39 is 18.0 Å². The zero-order chi connectivity index (χ0) is 24.5. The van der Waals surface area contributed by atoms with Crippen LogP contribution in [0.4, 0.5) is 17.1 Å². The van der Waals surface area contributed by atoms with Crippen LogP contribution in [0.3, 0.4) is 0 Å². The maximum Gasteiger partial charge on any atom is 0.414 e. The molecule has 9 heteroatoms. The molecular weight excluding hydrogens is 456 g/mol. The van der Waals surface area contributed by atoms with Gasteiger partial charge in [-0.15, -0.1) is 0 Å². The van der Waals surface area contributed by atoms with Gasteiger partial charge in [0.25, 0.3) is 0 Å². The third-order valence-electron chi connectivity index (χ3n) is 4.82. The number of aliphatic carboxylic acids is 2. The lowest BCUT2D eigenvalue weighted by atomic mass is 10.2. The van der Waals surface area contributed by atoms with Gasteiger partial charge in [0.05, 0.1) is 30.6 Å². The fourth-order valence-electron chi connectivity index (χ4n) is 3.32. The maximum absolute atomic E-state index is 10.7. The quantitative estimate of drug-likeness (QED) is 0.365. The number of para-hydroxylation sites is 2. The van der Waals surface area contributed by atoms with Gasteiger partial charge < -0.3 is 30.3 Å². The van der Waals surface area contributed by atoms with E-state index >= 15 is 0 Å². The number of nitrogens with one attached hydrogen (secondary N) is 1. The highest BCUT2D eigenvalue weighted by Crippen LogP contribution is 2.47. The number of hydrogen-bond donors (Lipinski definition) is 4. The summed E-state index contributed by atoms with van der Waals surface area (Å²) in [7, 11) is 0. The monoisotopic (exact) mass is 482 g/mol. The molecule has 1 unspecified atom stereocenters. The lowest BCUT2D eigenvalue weighted by Gasteiger charge is -2.34. The molecule has 0 saturated carbocycles. The summed E-state index contributed by atoms with van der Waals surface area (Å²) in [5.74, 6) is -2.79. The smallest absolute Gasteiger partial charge is 0.414 e. The Bertz CT molecular complexity index is 1060. The molecule has 4 N–H and O–H groups in total. The van der Waals surface area contributed by atoms with Crippen LogP contribution >= 0.6 is 11.8 Å². The SMILES string of the molecule is CCOc1ccc(NCC(O)CN2c3ccccc3Sc3ccccc32)cc1.O=C(O)C(=O)O. The predicted octanol–water partition coefficient (Wildman–Crippen LogP) is 4.32. The Kier molecular flexibility index (Phi) is 8.78. The molecule has 1 aliphatic heterocycles. The summed E-state index contributed by atoms with van der Waals surface area (Å²) in [6.45, 7) is 3.63. The molecule has 8 nitrogen and oxygen atoms in total. The van der Waals surface area contributed by atoms with Crippen LogP contribution in [0.5, 0.6) is 5.75 Å². The average Bonchev–Trinajstić information content (AvgIpc) is 2.84. The molecule has 1 aliphatic rings. The van der Waals surface area contributed by atoms with Crippen molar-refractivity contribution in [3.05, 3.63) is 72.8 Å². The van der Waals surface area contributed by atoms with Crippen LogP contribution in [-0.2, 0) is 9.59 Å². The van der Waals surface area contributed by atoms with Crippen molar-refractivity contribution in [2.75, 3.05) is 29.9 Å². The molecule has 0 fully saturated rings. The van der Waals surface area contributed by atoms with Crippen LogP contribution in [0.25, 0.3) is 0 Å². The predicted molar refractivity (Wildman–Crippen MR) is 131 cm³/mol. The number of rotatable bonds is 7. The number of fused-ring (bicyclic) bond motifs is 2. The molecule has 178 valence electrons. The number of anilines is 3. The third kappa shape index (κ3) is 6.66. The molecule has 3 aromatic rings. The molecule has 0 radical (unpaired) electrons. The van der Waals surface area contributed by atoms with E-state index in [9.17, 15) is 5.11 Å². The number of aliphatic hydroxyl groups excluding tert-OH is 1. The van der Waals surface area contributed by atoms with E-state index in [0.29, 0.717) is 19.7 Å². The summed E-state index contributed by atoms with van der Waals surface area (Å²) >= 11 is 1.78. The molecular formula is C25H26N2O6S. The number of ether oxygens (including phenoxy) is 1. The standard InChI is InChI=1S/C23H24N2O2S.C2H2O4/c1-2-27-19-13-11-17(12-14-19)24-15-18(26)16-25-20-7-3-5-9-22(20)28-23-10-6-4-8-21(23)25;3-1(4)2(5)6/h3-14,18,24,26H,2,15-16H2,1H3;(H,3,4)(H,5,6). The van der Waals surface area contributed by atoms with Gasteiger partial charge in [0.2, 0.25) is 0 Å². The minimum atomic E-state index is -1.82. The topological polar surface area (TPSA) is 119 Å². The van der Waals surface area contributed by atoms with E-state index in [2.05, 4.69) is 46.6 Å². The number of β-amino-alcohol motifs (C(OH)–C–C–N with tert-alkyl or cyclic N) is 1. The van der Waals surface area contributed by atoms with Crippen LogP contribution < -0.4 is 15.0 Å². The van der Waals surface area contributed by atoms with Gasteiger partial charge in [-0.2, -0.15) is 0 Å². The lowest BCUT2D eigenvalue weighted by Crippen LogP contribution is -2.34. The Morgan fingerprint density at radius 3 is 1.94 bits per heavy atom. The molecule has 1 heterocycles. The summed E-state index contributed by atoms with van der Waals surface area (Å²) in [5.41, 5.74) is 3.26. The summed E-state index contributed by atoms with van der Waals surface area (Å²) in [5, 5.41) is 28.8. The normalized spacial score (nSPS) is 12.4. The summed E-state index contributed by atoms with van der Waals surface area (Å²) in [6, 6.07) is 24.5. The largest absolute Gasteiger partial charge is 0.494 e. The molecule has 34 heavy (non-hydrogen) atoms. The Hall–Kier alpha value is -3.69. The van der Waals surface area contributed by atoms with Crippen LogP contribution in [0.2, 0.25) is 0 Å². The van der Waals surface area contributed by atoms with E-state index in [1.54, 1.807) is 11.8 Å². The van der Waals surface area contributed by atoms with Gasteiger partial charge in [-0.1, -0.05) is 36.0 Å². The van der Waals surface area contributed by atoms with Gasteiger partial charge in [-0.25, -0.2) is 9.59 Å². The molecule has 0 amide bonds. The fraction of sp³-hybridized carbons (Fsp3) is 0.200. The molecule has 1 atom stereocenters. The summed E-state index contributed by atoms with van der Waals surface area (Å²) in [4.78, 5) is 22.8. The fourth-order valence-corrected chi connectivity index (χ4v) is 4.42. The Balaban J connectivity index is 0.000000481. The second-order valence-electron chi connectivity index (χ2n) is 7.25. The average molecular weight is 483 g/mol. The van der Waals surface area contributed by atoms with Crippen LogP contribution in [0, 0.1) is 0 Å². The van der Waals surface area contributed by atoms with Crippen molar-refractivity contribution >= 4 is 40.8 Å². The Labute approximate surface area is 201 Å². The molecule has 4 rings (SSSR count). The van der Waals surface area contributed by atoms with Crippen LogP contribution in [0.15, 0.2) is 82.6 Å². The zero-order valence-corrected chi connectivity index (χ0v) is 19.4. The van der Waals surface area contributed by atoms with Crippen LogP contribution in [0.1, 0.15) is 6.92 Å². The van der Waals surface area contributed by atoms with Crippen molar-refractivity contribution in [1.82, 2.24) is 0 Å². The first-order valence-corrected chi connectivity index (χ1v) is 11.4. The van der Waals surface area contributed by atoms with Gasteiger partial charge >= 0.3 is 11.9 Å². The van der Waals surface area contributed by atoms with E-state index in [1.807, 2.05) is 43.3 Å². The van der Waals surface area contributed by atoms with E-state index in [1.165, 1.54) is 9.79 Å². The maximum atomic E-state index is 10.7. The van der Waals surface area contributed by atoms with E-state index in [-0.39, 0.29) is 0 Å². The Morgan fingerprint density at radius 2 is 1.44 bits per heavy atom. The van der Waals surface area contributed by atoms with Crippen molar-refractivity contribution in [3.63, 3.8) is 0 Å². The number of carbonyl (C=O) groups is 2. The highest BCUT2D eigenvalue weighted by Gasteiger charge is 2.24. The molecule has 0 spiro atoms. The lowest BCUT2D eigenvalue weighted by molar-refractivity contribution is -0.159. The number of aliphatic hydroxyl groups is 1.